The Morgan fingerprint density at radius 1 is 0.833 bits per heavy atom. The van der Waals surface area contributed by atoms with E-state index in [-0.39, 0.29) is 11.8 Å². The van der Waals surface area contributed by atoms with Crippen LogP contribution in [-0.2, 0) is 0 Å². The molecule has 2 amide bonds. The molecule has 6 heteroatoms. The molecular weight excluding hydrogens is 400 g/mol. The normalized spacial score (nSPS) is 10.5. The summed E-state index contributed by atoms with van der Waals surface area (Å²) in [5.41, 5.74) is 2.21. The van der Waals surface area contributed by atoms with Crippen LogP contribution in [0.25, 0.3) is 0 Å². The lowest BCUT2D eigenvalue weighted by molar-refractivity contribution is 0.101. The maximum Gasteiger partial charge on any atom is 0.255 e. The number of carbonyl (C=O) groups is 2. The quantitative estimate of drug-likeness (QED) is 0.499. The predicted molar refractivity (Wildman–Crippen MR) is 121 cm³/mol. The topological polar surface area (TPSA) is 67.4 Å². The number of halogens is 1. The van der Waals surface area contributed by atoms with Gasteiger partial charge in [-0.1, -0.05) is 37.6 Å². The first-order chi connectivity index (χ1) is 14.4. The van der Waals surface area contributed by atoms with Gasteiger partial charge >= 0.3 is 0 Å². The zero-order chi connectivity index (χ0) is 21.5. The molecule has 30 heavy (non-hydrogen) atoms. The van der Waals surface area contributed by atoms with Gasteiger partial charge in [-0.2, -0.15) is 0 Å². The fraction of sp³-hybridized carbons (Fsp3) is 0.167. The molecule has 0 aliphatic heterocycles. The zero-order valence-corrected chi connectivity index (χ0v) is 17.6. The van der Waals surface area contributed by atoms with Crippen LogP contribution in [0.15, 0.2) is 72.8 Å². The molecule has 0 bridgehead atoms. The molecule has 0 fully saturated rings. The molecule has 5 nitrogen and oxygen atoms in total. The Morgan fingerprint density at radius 2 is 1.37 bits per heavy atom. The average Bonchev–Trinajstić information content (AvgIpc) is 2.74. The summed E-state index contributed by atoms with van der Waals surface area (Å²) in [7, 11) is 0. The third-order valence-electron chi connectivity index (χ3n) is 4.17. The number of hydrogen-bond acceptors (Lipinski definition) is 3. The minimum atomic E-state index is -0.257. The van der Waals surface area contributed by atoms with Crippen LogP contribution in [0.1, 0.15) is 34.6 Å². The van der Waals surface area contributed by atoms with Gasteiger partial charge in [-0.25, -0.2) is 0 Å². The molecule has 0 atom stereocenters. The molecule has 154 valence electrons. The molecular formula is C24H23ClN2O3. The summed E-state index contributed by atoms with van der Waals surface area (Å²) in [5.74, 6) is 0.573. The van der Waals surface area contributed by atoms with Gasteiger partial charge in [-0.3, -0.25) is 9.59 Å². The van der Waals surface area contributed by atoms with Crippen molar-refractivity contribution in [3.8, 4) is 5.75 Å². The van der Waals surface area contributed by atoms with Gasteiger partial charge in [0.1, 0.15) is 5.75 Å². The number of nitrogens with one attached hydrogen (secondary N) is 2. The maximum absolute atomic E-state index is 12.5. The average molecular weight is 423 g/mol. The van der Waals surface area contributed by atoms with Crippen molar-refractivity contribution < 1.29 is 14.3 Å². The Bertz CT molecular complexity index is 1030. The molecule has 0 aliphatic rings. The summed E-state index contributed by atoms with van der Waals surface area (Å²) in [5, 5.41) is 6.15. The Morgan fingerprint density at radius 3 is 1.90 bits per heavy atom. The van der Waals surface area contributed by atoms with Gasteiger partial charge in [0.15, 0.2) is 0 Å². The van der Waals surface area contributed by atoms with Crippen molar-refractivity contribution in [2.45, 2.75) is 13.8 Å². The van der Waals surface area contributed by atoms with Crippen molar-refractivity contribution in [1.82, 2.24) is 0 Å². The van der Waals surface area contributed by atoms with Crippen LogP contribution in [0.3, 0.4) is 0 Å². The summed E-state index contributed by atoms with van der Waals surface area (Å²) in [6.45, 7) is 4.72. The molecule has 3 aromatic rings. The first kappa shape index (κ1) is 21.4. The maximum atomic E-state index is 12.5. The Balaban J connectivity index is 1.61. The lowest BCUT2D eigenvalue weighted by Gasteiger charge is -2.11. The first-order valence-electron chi connectivity index (χ1n) is 9.62. The van der Waals surface area contributed by atoms with E-state index < -0.39 is 0 Å². The third kappa shape index (κ3) is 6.09. The molecule has 2 N–H and O–H groups in total. The van der Waals surface area contributed by atoms with E-state index in [4.69, 9.17) is 16.3 Å². The SMILES string of the molecule is CC(C)COc1cccc(C(=O)Nc2ccc(NC(=O)c3cccc(Cl)c3)cc2)c1. The van der Waals surface area contributed by atoms with Crippen LogP contribution in [-0.4, -0.2) is 18.4 Å². The summed E-state index contributed by atoms with van der Waals surface area (Å²) in [6, 6.07) is 20.7. The van der Waals surface area contributed by atoms with Gasteiger partial charge in [0, 0.05) is 27.5 Å². The second-order valence-electron chi connectivity index (χ2n) is 7.23. The van der Waals surface area contributed by atoms with E-state index in [1.165, 1.54) is 0 Å². The Labute approximate surface area is 181 Å². The summed E-state index contributed by atoms with van der Waals surface area (Å²) >= 11 is 5.92. The minimum Gasteiger partial charge on any atom is -0.493 e. The molecule has 0 aliphatic carbocycles. The highest BCUT2D eigenvalue weighted by Crippen LogP contribution is 2.19. The molecule has 3 aromatic carbocycles. The van der Waals surface area contributed by atoms with E-state index in [1.54, 1.807) is 66.7 Å². The van der Waals surface area contributed by atoms with Gasteiger partial charge in [0.25, 0.3) is 11.8 Å². The summed E-state index contributed by atoms with van der Waals surface area (Å²) in [4.78, 5) is 24.8. The summed E-state index contributed by atoms with van der Waals surface area (Å²) in [6.07, 6.45) is 0. The van der Waals surface area contributed by atoms with Crippen molar-refractivity contribution in [3.05, 3.63) is 88.9 Å². The number of benzene rings is 3. The second-order valence-corrected chi connectivity index (χ2v) is 7.67. The highest BCUT2D eigenvalue weighted by Gasteiger charge is 2.09. The lowest BCUT2D eigenvalue weighted by atomic mass is 10.2. The number of carbonyl (C=O) groups excluding carboxylic acids is 2. The predicted octanol–water partition coefficient (Wildman–Crippen LogP) is 5.88. The van der Waals surface area contributed by atoms with Gasteiger partial charge in [-0.15, -0.1) is 0 Å². The highest BCUT2D eigenvalue weighted by molar-refractivity contribution is 6.31. The van der Waals surface area contributed by atoms with Crippen molar-refractivity contribution in [2.75, 3.05) is 17.2 Å². The van der Waals surface area contributed by atoms with Crippen LogP contribution < -0.4 is 15.4 Å². The molecule has 0 radical (unpaired) electrons. The molecule has 0 aromatic heterocycles. The molecule has 0 spiro atoms. The van der Waals surface area contributed by atoms with Gasteiger partial charge < -0.3 is 15.4 Å². The third-order valence-corrected chi connectivity index (χ3v) is 4.40. The molecule has 3 rings (SSSR count). The fourth-order valence-electron chi connectivity index (χ4n) is 2.66. The monoisotopic (exact) mass is 422 g/mol. The van der Waals surface area contributed by atoms with Crippen molar-refractivity contribution in [2.24, 2.45) is 5.92 Å². The van der Waals surface area contributed by atoms with Crippen molar-refractivity contribution in [1.29, 1.82) is 0 Å². The zero-order valence-electron chi connectivity index (χ0n) is 16.8. The largest absolute Gasteiger partial charge is 0.493 e. The van der Waals surface area contributed by atoms with Gasteiger partial charge in [0.05, 0.1) is 6.61 Å². The molecule has 0 unspecified atom stereocenters. The van der Waals surface area contributed by atoms with E-state index in [0.29, 0.717) is 45.8 Å². The van der Waals surface area contributed by atoms with E-state index in [0.717, 1.165) is 0 Å². The molecule has 0 saturated carbocycles. The number of rotatable bonds is 7. The Kier molecular flexibility index (Phi) is 7.09. The Hall–Kier alpha value is -3.31. The van der Waals surface area contributed by atoms with Crippen LogP contribution in [0, 0.1) is 5.92 Å². The van der Waals surface area contributed by atoms with E-state index >= 15 is 0 Å². The number of amides is 2. The fourth-order valence-corrected chi connectivity index (χ4v) is 2.85. The second kappa shape index (κ2) is 9.94. The van der Waals surface area contributed by atoms with Gasteiger partial charge in [0.2, 0.25) is 0 Å². The van der Waals surface area contributed by atoms with Crippen molar-refractivity contribution >= 4 is 34.8 Å². The van der Waals surface area contributed by atoms with E-state index in [2.05, 4.69) is 24.5 Å². The van der Waals surface area contributed by atoms with Crippen LogP contribution in [0.4, 0.5) is 11.4 Å². The smallest absolute Gasteiger partial charge is 0.255 e. The molecule has 0 saturated heterocycles. The van der Waals surface area contributed by atoms with Crippen molar-refractivity contribution in [3.63, 3.8) is 0 Å². The molecule has 0 heterocycles. The van der Waals surface area contributed by atoms with E-state index in [9.17, 15) is 9.59 Å². The van der Waals surface area contributed by atoms with Crippen LogP contribution in [0.5, 0.6) is 5.75 Å². The standard InChI is InChI=1S/C24H23ClN2O3/c1-16(2)15-30-22-8-4-6-18(14-22)24(29)27-21-11-9-20(10-12-21)26-23(28)17-5-3-7-19(25)13-17/h3-14,16H,15H2,1-2H3,(H,26,28)(H,27,29). The summed E-state index contributed by atoms with van der Waals surface area (Å²) < 4.78 is 5.68. The minimum absolute atomic E-state index is 0.235. The number of hydrogen-bond donors (Lipinski definition) is 2. The first-order valence-corrected chi connectivity index (χ1v) is 10.00. The van der Waals surface area contributed by atoms with Gasteiger partial charge in [-0.05, 0) is 66.6 Å². The van der Waals surface area contributed by atoms with Crippen LogP contribution >= 0.6 is 11.6 Å². The lowest BCUT2D eigenvalue weighted by Crippen LogP contribution is -2.13. The number of anilines is 2. The van der Waals surface area contributed by atoms with Crippen LogP contribution in [0.2, 0.25) is 5.02 Å². The number of ether oxygens (including phenoxy) is 1. The highest BCUT2D eigenvalue weighted by atomic mass is 35.5. The van der Waals surface area contributed by atoms with E-state index in [1.807, 2.05) is 6.07 Å².